The number of hydrogen-bond donors (Lipinski definition) is 0. The summed E-state index contributed by atoms with van der Waals surface area (Å²) in [5.74, 6) is -0.764. The molecule has 7 heteroatoms. The lowest BCUT2D eigenvalue weighted by Crippen LogP contribution is -2.28. The highest BCUT2D eigenvalue weighted by molar-refractivity contribution is 6.39. The number of rotatable bonds is 6. The number of benzene rings is 1. The molecule has 0 aliphatic carbocycles. The van der Waals surface area contributed by atoms with E-state index in [1.54, 1.807) is 12.1 Å². The van der Waals surface area contributed by atoms with Crippen molar-refractivity contribution in [1.82, 2.24) is 9.88 Å². The van der Waals surface area contributed by atoms with Crippen molar-refractivity contribution in [3.63, 3.8) is 0 Å². The summed E-state index contributed by atoms with van der Waals surface area (Å²) in [5, 5.41) is 0.260. The number of amides is 1. The average molecular weight is 341 g/mol. The lowest BCUT2D eigenvalue weighted by molar-refractivity contribution is -0.118. The molecule has 0 N–H and O–H groups in total. The Morgan fingerprint density at radius 2 is 1.77 bits per heavy atom. The molecule has 1 aromatic heterocycles. The average Bonchev–Trinajstić information content (AvgIpc) is 2.48. The molecular weight excluding hydrogens is 330 g/mol. The molecule has 114 valence electrons. The van der Waals surface area contributed by atoms with Crippen LogP contribution in [-0.2, 0) is 11.3 Å². The number of hydrogen-bond acceptors (Lipinski definition) is 3. The minimum absolute atomic E-state index is 0.129. The van der Waals surface area contributed by atoms with Gasteiger partial charge in [-0.1, -0.05) is 35.3 Å². The van der Waals surface area contributed by atoms with Crippen LogP contribution in [0.5, 0.6) is 0 Å². The molecule has 0 spiro atoms. The molecule has 0 unspecified atom stereocenters. The van der Waals surface area contributed by atoms with E-state index in [1.807, 2.05) is 0 Å². The zero-order chi connectivity index (χ0) is 16.1. The van der Waals surface area contributed by atoms with Gasteiger partial charge >= 0.3 is 0 Å². The van der Waals surface area contributed by atoms with E-state index in [0.717, 1.165) is 0 Å². The Kier molecular flexibility index (Phi) is 5.46. The molecule has 0 atom stereocenters. The Morgan fingerprint density at radius 1 is 1.18 bits per heavy atom. The summed E-state index contributed by atoms with van der Waals surface area (Å²) in [6.07, 6.45) is 3.17. The van der Waals surface area contributed by atoms with Gasteiger partial charge in [0.2, 0.25) is 6.41 Å². The predicted octanol–water partition coefficient (Wildman–Crippen LogP) is 3.37. The minimum Gasteiger partial charge on any atom is -0.333 e. The summed E-state index contributed by atoms with van der Waals surface area (Å²) in [7, 11) is 0. The van der Waals surface area contributed by atoms with E-state index in [0.29, 0.717) is 12.0 Å². The van der Waals surface area contributed by atoms with E-state index in [9.17, 15) is 14.0 Å². The second-order valence-electron chi connectivity index (χ2n) is 4.54. The Morgan fingerprint density at radius 3 is 2.32 bits per heavy atom. The van der Waals surface area contributed by atoms with Crippen LogP contribution in [0.25, 0.3) is 0 Å². The predicted molar refractivity (Wildman–Crippen MR) is 81.5 cm³/mol. The van der Waals surface area contributed by atoms with E-state index in [1.165, 1.54) is 29.4 Å². The maximum Gasteiger partial charge on any atom is 0.210 e. The fraction of sp³-hybridized carbons (Fsp3) is 0.133. The van der Waals surface area contributed by atoms with Gasteiger partial charge in [-0.15, -0.1) is 0 Å². The molecule has 0 fully saturated rings. The van der Waals surface area contributed by atoms with Gasteiger partial charge in [0, 0.05) is 18.9 Å². The van der Waals surface area contributed by atoms with Crippen LogP contribution < -0.4 is 0 Å². The maximum atomic E-state index is 12.9. The summed E-state index contributed by atoms with van der Waals surface area (Å²) in [5.41, 5.74) is 0.831. The Labute approximate surface area is 136 Å². The maximum absolute atomic E-state index is 12.9. The first-order valence-electron chi connectivity index (χ1n) is 6.27. The normalized spacial score (nSPS) is 10.3. The SMILES string of the molecule is O=CN(CC(=O)c1c(Cl)cncc1Cl)Cc1ccc(F)cc1. The molecule has 0 radical (unpaired) electrons. The number of halogens is 3. The van der Waals surface area contributed by atoms with Crippen LogP contribution >= 0.6 is 23.2 Å². The van der Waals surface area contributed by atoms with E-state index < -0.39 is 5.78 Å². The molecule has 0 bridgehead atoms. The molecular formula is C15H11Cl2FN2O2. The smallest absolute Gasteiger partial charge is 0.210 e. The molecule has 0 saturated carbocycles. The highest BCUT2D eigenvalue weighted by Crippen LogP contribution is 2.23. The lowest BCUT2D eigenvalue weighted by Gasteiger charge is -2.17. The van der Waals surface area contributed by atoms with Crippen LogP contribution in [0, 0.1) is 5.82 Å². The zero-order valence-corrected chi connectivity index (χ0v) is 12.8. The van der Waals surface area contributed by atoms with Crippen molar-refractivity contribution < 1.29 is 14.0 Å². The first kappa shape index (κ1) is 16.4. The highest BCUT2D eigenvalue weighted by atomic mass is 35.5. The Balaban J connectivity index is 2.11. The van der Waals surface area contributed by atoms with Crippen molar-refractivity contribution in [3.8, 4) is 0 Å². The third-order valence-corrected chi connectivity index (χ3v) is 3.50. The largest absolute Gasteiger partial charge is 0.333 e. The van der Waals surface area contributed by atoms with Gasteiger partial charge in [-0.2, -0.15) is 0 Å². The van der Waals surface area contributed by atoms with Gasteiger partial charge in [-0.3, -0.25) is 14.6 Å². The summed E-state index contributed by atoms with van der Waals surface area (Å²) < 4.78 is 12.9. The van der Waals surface area contributed by atoms with Gasteiger partial charge in [0.1, 0.15) is 5.82 Å². The van der Waals surface area contributed by atoms with E-state index in [4.69, 9.17) is 23.2 Å². The van der Waals surface area contributed by atoms with Crippen molar-refractivity contribution in [2.24, 2.45) is 0 Å². The summed E-state index contributed by atoms with van der Waals surface area (Å²) in [4.78, 5) is 28.4. The zero-order valence-electron chi connectivity index (χ0n) is 11.3. The van der Waals surface area contributed by atoms with Gasteiger partial charge in [0.15, 0.2) is 5.78 Å². The molecule has 22 heavy (non-hydrogen) atoms. The Bertz CT molecular complexity index is 672. The van der Waals surface area contributed by atoms with Gasteiger partial charge in [-0.25, -0.2) is 4.39 Å². The molecule has 1 aromatic carbocycles. The van der Waals surface area contributed by atoms with Crippen molar-refractivity contribution in [2.75, 3.05) is 6.54 Å². The van der Waals surface area contributed by atoms with Crippen LogP contribution in [0.15, 0.2) is 36.7 Å². The number of carbonyl (C=O) groups is 2. The first-order valence-corrected chi connectivity index (χ1v) is 7.03. The van der Waals surface area contributed by atoms with Crippen LogP contribution in [0.3, 0.4) is 0 Å². The fourth-order valence-electron chi connectivity index (χ4n) is 1.90. The molecule has 2 aromatic rings. The third-order valence-electron chi connectivity index (χ3n) is 2.93. The number of carbonyl (C=O) groups excluding carboxylic acids is 2. The Hall–Kier alpha value is -1.98. The second-order valence-corrected chi connectivity index (χ2v) is 5.35. The topological polar surface area (TPSA) is 50.3 Å². The summed E-state index contributed by atoms with van der Waals surface area (Å²) in [6.45, 7) is -0.0137. The van der Waals surface area contributed by atoms with Crippen molar-refractivity contribution >= 4 is 35.4 Å². The van der Waals surface area contributed by atoms with Gasteiger partial charge in [0.05, 0.1) is 22.2 Å². The van der Waals surface area contributed by atoms with Crippen molar-refractivity contribution in [2.45, 2.75) is 6.54 Å². The lowest BCUT2D eigenvalue weighted by atomic mass is 10.1. The van der Waals surface area contributed by atoms with E-state index in [-0.39, 0.29) is 34.5 Å². The third kappa shape index (κ3) is 4.02. The number of Topliss-reactive ketones (excluding diaryl/α,β-unsaturated/α-hetero) is 1. The van der Waals surface area contributed by atoms with Gasteiger partial charge in [-0.05, 0) is 17.7 Å². The quantitative estimate of drug-likeness (QED) is 0.598. The van der Waals surface area contributed by atoms with Crippen LogP contribution in [-0.4, -0.2) is 28.6 Å². The number of pyridine rings is 1. The molecule has 1 amide bonds. The number of nitrogens with zero attached hydrogens (tertiary/aromatic N) is 2. The van der Waals surface area contributed by atoms with Crippen LogP contribution in [0.4, 0.5) is 4.39 Å². The monoisotopic (exact) mass is 340 g/mol. The minimum atomic E-state index is -0.397. The molecule has 1 heterocycles. The molecule has 0 aliphatic rings. The van der Waals surface area contributed by atoms with Crippen LogP contribution in [0.1, 0.15) is 15.9 Å². The number of ketones is 1. The molecule has 0 aliphatic heterocycles. The van der Waals surface area contributed by atoms with E-state index in [2.05, 4.69) is 4.98 Å². The second kappa shape index (κ2) is 7.33. The first-order chi connectivity index (χ1) is 10.5. The highest BCUT2D eigenvalue weighted by Gasteiger charge is 2.18. The van der Waals surface area contributed by atoms with E-state index >= 15 is 0 Å². The fourth-order valence-corrected chi connectivity index (χ4v) is 2.47. The molecule has 0 saturated heterocycles. The summed E-state index contributed by atoms with van der Waals surface area (Å²) >= 11 is 11.8. The van der Waals surface area contributed by atoms with Gasteiger partial charge < -0.3 is 4.90 Å². The van der Waals surface area contributed by atoms with Crippen LogP contribution in [0.2, 0.25) is 10.0 Å². The standard InChI is InChI=1S/C15H11Cl2FN2O2/c16-12-5-19-6-13(17)15(12)14(22)8-20(9-21)7-10-1-3-11(18)4-2-10/h1-6,9H,7-8H2. The molecule has 4 nitrogen and oxygen atoms in total. The molecule has 2 rings (SSSR count). The van der Waals surface area contributed by atoms with Crippen molar-refractivity contribution in [1.29, 1.82) is 0 Å². The summed E-state index contributed by atoms with van der Waals surface area (Å²) in [6, 6.07) is 5.67. The van der Waals surface area contributed by atoms with Gasteiger partial charge in [0.25, 0.3) is 0 Å². The van der Waals surface area contributed by atoms with Crippen molar-refractivity contribution in [3.05, 3.63) is 63.6 Å². The number of aromatic nitrogens is 1.